The molecule has 0 saturated heterocycles. The predicted octanol–water partition coefficient (Wildman–Crippen LogP) is 0.678. The van der Waals surface area contributed by atoms with Crippen LogP contribution in [0.4, 0.5) is 0 Å². The summed E-state index contributed by atoms with van der Waals surface area (Å²) in [7, 11) is 0. The van der Waals surface area contributed by atoms with Crippen LogP contribution in [0.1, 0.15) is 17.4 Å². The molecule has 5 nitrogen and oxygen atoms in total. The number of hydrogen-bond acceptors (Lipinski definition) is 4. The monoisotopic (exact) mass is 240 g/mol. The predicted molar refractivity (Wildman–Crippen MR) is 61.5 cm³/mol. The first-order valence-corrected chi connectivity index (χ1v) is 5.96. The van der Waals surface area contributed by atoms with Gasteiger partial charge in [0, 0.05) is 18.4 Å². The van der Waals surface area contributed by atoms with Gasteiger partial charge in [-0.15, -0.1) is 0 Å². The number of nitrogens with zero attached hydrogens (tertiary/aromatic N) is 2. The van der Waals surface area contributed by atoms with Crippen molar-refractivity contribution in [3.8, 4) is 5.75 Å². The van der Waals surface area contributed by atoms with E-state index in [1.807, 2.05) is 6.92 Å². The van der Waals surface area contributed by atoms with E-state index in [1.165, 1.54) is 24.2 Å². The highest BCUT2D eigenvalue weighted by molar-refractivity contribution is 7.97. The van der Waals surface area contributed by atoms with Gasteiger partial charge in [0.25, 0.3) is 5.91 Å². The van der Waals surface area contributed by atoms with Gasteiger partial charge in [0.1, 0.15) is 5.69 Å². The van der Waals surface area contributed by atoms with Gasteiger partial charge < -0.3 is 9.67 Å². The van der Waals surface area contributed by atoms with Crippen molar-refractivity contribution >= 4 is 17.9 Å². The number of hydrogen-bond donors (Lipinski definition) is 1. The Hall–Kier alpha value is -1.43. The molecule has 86 valence electrons. The molecule has 2 rings (SSSR count). The fraction of sp³-hybridized carbons (Fsp3) is 0.400. The lowest BCUT2D eigenvalue weighted by atomic mass is 10.2. The van der Waals surface area contributed by atoms with E-state index in [-0.39, 0.29) is 11.7 Å². The zero-order valence-electron chi connectivity index (χ0n) is 8.84. The molecule has 0 bridgehead atoms. The maximum atomic E-state index is 11.9. The third-order valence-electron chi connectivity index (χ3n) is 2.38. The van der Waals surface area contributed by atoms with E-state index in [0.717, 1.165) is 5.75 Å². The minimum Gasteiger partial charge on any atom is -0.503 e. The fourth-order valence-corrected chi connectivity index (χ4v) is 2.37. The summed E-state index contributed by atoms with van der Waals surface area (Å²) in [6.07, 6.45) is 1.32. The Morgan fingerprint density at radius 3 is 2.88 bits per heavy atom. The van der Waals surface area contributed by atoms with Crippen LogP contribution in [0.5, 0.6) is 5.75 Å². The molecule has 0 aliphatic carbocycles. The number of aromatic nitrogens is 1. The minimum absolute atomic E-state index is 0.171. The number of amides is 1. The molecule has 1 amide bonds. The summed E-state index contributed by atoms with van der Waals surface area (Å²) < 4.78 is 3.26. The van der Waals surface area contributed by atoms with Crippen LogP contribution < -0.4 is 5.43 Å². The van der Waals surface area contributed by atoms with Gasteiger partial charge >= 0.3 is 0 Å². The first-order chi connectivity index (χ1) is 7.63. The fourth-order valence-electron chi connectivity index (χ4n) is 1.64. The average molecular weight is 240 g/mol. The molecule has 1 N–H and O–H groups in total. The topological polar surface area (TPSA) is 62.5 Å². The first-order valence-electron chi connectivity index (χ1n) is 5.01. The summed E-state index contributed by atoms with van der Waals surface area (Å²) >= 11 is 1.44. The second-order valence-electron chi connectivity index (χ2n) is 3.43. The Morgan fingerprint density at radius 1 is 1.44 bits per heavy atom. The average Bonchev–Trinajstić information content (AvgIpc) is 2.26. The van der Waals surface area contributed by atoms with Crippen LogP contribution in [0.3, 0.4) is 0 Å². The Morgan fingerprint density at radius 2 is 2.19 bits per heavy atom. The van der Waals surface area contributed by atoms with E-state index < -0.39 is 5.43 Å². The lowest BCUT2D eigenvalue weighted by Crippen LogP contribution is -2.37. The van der Waals surface area contributed by atoms with Gasteiger partial charge in [-0.2, -0.15) is 0 Å². The summed E-state index contributed by atoms with van der Waals surface area (Å²) in [6, 6.07) is 1.19. The molecule has 0 unspecified atom stereocenters. The highest BCUT2D eigenvalue weighted by Crippen LogP contribution is 2.19. The molecule has 1 aliphatic rings. The molecule has 6 heteroatoms. The third kappa shape index (κ3) is 1.80. The number of rotatable bonds is 2. The molecule has 0 spiro atoms. The van der Waals surface area contributed by atoms with Crippen LogP contribution in [-0.4, -0.2) is 32.2 Å². The van der Waals surface area contributed by atoms with Gasteiger partial charge in [0.15, 0.2) is 5.75 Å². The maximum absolute atomic E-state index is 11.9. The Kier molecular flexibility index (Phi) is 2.91. The van der Waals surface area contributed by atoms with Crippen LogP contribution in [0.15, 0.2) is 17.1 Å². The Bertz CT molecular complexity index is 483. The first kappa shape index (κ1) is 11.1. The summed E-state index contributed by atoms with van der Waals surface area (Å²) in [4.78, 5) is 23.2. The molecular formula is C10H12N2O3S. The van der Waals surface area contributed by atoms with Crippen molar-refractivity contribution in [1.29, 1.82) is 0 Å². The molecular weight excluding hydrogens is 228 g/mol. The number of carbonyl (C=O) groups excluding carboxylic acids is 1. The van der Waals surface area contributed by atoms with Crippen molar-refractivity contribution < 1.29 is 9.90 Å². The van der Waals surface area contributed by atoms with Crippen LogP contribution in [0, 0.1) is 0 Å². The van der Waals surface area contributed by atoms with Crippen LogP contribution in [-0.2, 0) is 6.54 Å². The number of pyridine rings is 1. The van der Waals surface area contributed by atoms with Gasteiger partial charge in [0.05, 0.1) is 12.7 Å². The highest BCUT2D eigenvalue weighted by atomic mass is 32.2. The largest absolute Gasteiger partial charge is 0.503 e. The quantitative estimate of drug-likeness (QED) is 0.772. The second-order valence-corrected chi connectivity index (χ2v) is 4.70. The van der Waals surface area contributed by atoms with Crippen molar-refractivity contribution in [3.05, 3.63) is 28.2 Å². The van der Waals surface area contributed by atoms with E-state index >= 15 is 0 Å². The molecule has 1 aliphatic heterocycles. The van der Waals surface area contributed by atoms with E-state index in [0.29, 0.717) is 18.8 Å². The zero-order valence-corrected chi connectivity index (χ0v) is 9.66. The molecule has 0 radical (unpaired) electrons. The normalized spacial score (nSPS) is 15.1. The molecule has 0 atom stereocenters. The van der Waals surface area contributed by atoms with Crippen molar-refractivity contribution in [3.63, 3.8) is 0 Å². The minimum atomic E-state index is -0.511. The summed E-state index contributed by atoms with van der Waals surface area (Å²) in [5.74, 6) is 0.331. The standard InChI is InChI=1S/C10H12N2O3S/c1-2-16-12-4-3-11-6-9(14)8(13)5-7(11)10(12)15/h5-6,14H,2-4H2,1H3. The molecule has 0 fully saturated rings. The van der Waals surface area contributed by atoms with Crippen LogP contribution in [0.2, 0.25) is 0 Å². The van der Waals surface area contributed by atoms with E-state index in [1.54, 1.807) is 8.87 Å². The lowest BCUT2D eigenvalue weighted by Gasteiger charge is -2.28. The molecule has 2 heterocycles. The summed E-state index contributed by atoms with van der Waals surface area (Å²) in [5, 5.41) is 9.27. The maximum Gasteiger partial charge on any atom is 0.280 e. The molecule has 0 aromatic carbocycles. The summed E-state index contributed by atoms with van der Waals surface area (Å²) in [6.45, 7) is 3.16. The van der Waals surface area contributed by atoms with Crippen LogP contribution >= 0.6 is 11.9 Å². The van der Waals surface area contributed by atoms with E-state index in [9.17, 15) is 14.7 Å². The van der Waals surface area contributed by atoms with Crippen molar-refractivity contribution in [2.45, 2.75) is 13.5 Å². The van der Waals surface area contributed by atoms with Crippen molar-refractivity contribution in [1.82, 2.24) is 8.87 Å². The van der Waals surface area contributed by atoms with Crippen LogP contribution in [0.25, 0.3) is 0 Å². The second kappa shape index (κ2) is 4.21. The summed E-state index contributed by atoms with van der Waals surface area (Å²) in [5.41, 5.74) is -0.169. The third-order valence-corrected chi connectivity index (χ3v) is 3.30. The van der Waals surface area contributed by atoms with Crippen molar-refractivity contribution in [2.24, 2.45) is 0 Å². The van der Waals surface area contributed by atoms with Gasteiger partial charge in [-0.05, 0) is 11.9 Å². The molecule has 1 aromatic rings. The molecule has 16 heavy (non-hydrogen) atoms. The van der Waals surface area contributed by atoms with Crippen molar-refractivity contribution in [2.75, 3.05) is 12.3 Å². The van der Waals surface area contributed by atoms with E-state index in [2.05, 4.69) is 0 Å². The highest BCUT2D eigenvalue weighted by Gasteiger charge is 2.24. The number of fused-ring (bicyclic) bond motifs is 1. The smallest absolute Gasteiger partial charge is 0.280 e. The zero-order chi connectivity index (χ0) is 11.7. The van der Waals surface area contributed by atoms with Gasteiger partial charge in [-0.25, -0.2) is 0 Å². The molecule has 0 saturated carbocycles. The van der Waals surface area contributed by atoms with Gasteiger partial charge in [0.2, 0.25) is 5.43 Å². The Balaban J connectivity index is 2.41. The number of aromatic hydroxyl groups is 1. The SMILES string of the molecule is CCSN1CCn2cc(O)c(=O)cc2C1=O. The van der Waals surface area contributed by atoms with E-state index in [4.69, 9.17) is 0 Å². The lowest BCUT2D eigenvalue weighted by molar-refractivity contribution is 0.0833. The van der Waals surface area contributed by atoms with Gasteiger partial charge in [-0.1, -0.05) is 6.92 Å². The van der Waals surface area contributed by atoms with Gasteiger partial charge in [-0.3, -0.25) is 13.9 Å². The number of carbonyl (C=O) groups is 1. The Labute approximate surface area is 96.8 Å². The molecule has 1 aromatic heterocycles.